The first kappa shape index (κ1) is 23.2. The lowest BCUT2D eigenvalue weighted by Crippen LogP contribution is -2.43. The van der Waals surface area contributed by atoms with Gasteiger partial charge in [0.05, 0.1) is 24.8 Å². The van der Waals surface area contributed by atoms with Gasteiger partial charge < -0.3 is 20.1 Å². The zero-order chi connectivity index (χ0) is 23.5. The summed E-state index contributed by atoms with van der Waals surface area (Å²) in [6.45, 7) is 4.46. The molecule has 174 valence electrons. The van der Waals surface area contributed by atoms with E-state index >= 15 is 0 Å². The minimum Gasteiger partial charge on any atom is -0.493 e. The average Bonchev–Trinajstić information content (AvgIpc) is 2.82. The minimum atomic E-state index is -0.199. The predicted molar refractivity (Wildman–Crippen MR) is 132 cm³/mol. The van der Waals surface area contributed by atoms with E-state index in [2.05, 4.69) is 24.5 Å². The maximum absolute atomic E-state index is 12.9. The first-order valence-electron chi connectivity index (χ1n) is 11.3. The van der Waals surface area contributed by atoms with Crippen molar-refractivity contribution in [2.45, 2.75) is 44.0 Å². The Labute approximate surface area is 199 Å². The van der Waals surface area contributed by atoms with Crippen molar-refractivity contribution in [2.24, 2.45) is 11.8 Å². The first-order chi connectivity index (χ1) is 15.9. The van der Waals surface area contributed by atoms with E-state index in [0.717, 1.165) is 23.3 Å². The molecule has 0 saturated heterocycles. The van der Waals surface area contributed by atoms with Crippen LogP contribution in [0.2, 0.25) is 0 Å². The largest absolute Gasteiger partial charge is 0.493 e. The Balaban J connectivity index is 1.50. The van der Waals surface area contributed by atoms with E-state index < -0.39 is 0 Å². The van der Waals surface area contributed by atoms with E-state index in [-0.39, 0.29) is 17.9 Å². The Morgan fingerprint density at radius 1 is 1.09 bits per heavy atom. The summed E-state index contributed by atoms with van der Waals surface area (Å²) >= 11 is 1.39. The van der Waals surface area contributed by atoms with Gasteiger partial charge in [0.1, 0.15) is 0 Å². The highest BCUT2D eigenvalue weighted by Gasteiger charge is 2.29. The van der Waals surface area contributed by atoms with Gasteiger partial charge in [-0.2, -0.15) is 0 Å². The number of carbonyl (C=O) groups excluding carboxylic acids is 2. The lowest BCUT2D eigenvalue weighted by molar-refractivity contribution is -0.112. The van der Waals surface area contributed by atoms with Crippen molar-refractivity contribution in [1.82, 2.24) is 5.32 Å². The van der Waals surface area contributed by atoms with Crippen LogP contribution in [-0.2, 0) is 4.79 Å². The predicted octanol–water partition coefficient (Wildman–Crippen LogP) is 5.34. The highest BCUT2D eigenvalue weighted by atomic mass is 32.2. The van der Waals surface area contributed by atoms with Gasteiger partial charge >= 0.3 is 0 Å². The number of ether oxygens (including phenoxy) is 2. The zero-order valence-corrected chi connectivity index (χ0v) is 20.3. The summed E-state index contributed by atoms with van der Waals surface area (Å²) in [5.74, 6) is 2.02. The molecular weight excluding hydrogens is 436 g/mol. The van der Waals surface area contributed by atoms with Crippen molar-refractivity contribution in [3.05, 3.63) is 52.4 Å². The third kappa shape index (κ3) is 5.03. The van der Waals surface area contributed by atoms with Crippen molar-refractivity contribution in [3.63, 3.8) is 0 Å². The first-order valence-corrected chi connectivity index (χ1v) is 12.1. The lowest BCUT2D eigenvalue weighted by Gasteiger charge is -2.34. The van der Waals surface area contributed by atoms with Gasteiger partial charge in [-0.05, 0) is 60.2 Å². The Hall–Kier alpha value is -2.93. The number of nitrogens with one attached hydrogen (secondary N) is 2. The highest BCUT2D eigenvalue weighted by Crippen LogP contribution is 2.40. The Morgan fingerprint density at radius 2 is 1.88 bits per heavy atom. The van der Waals surface area contributed by atoms with E-state index in [1.165, 1.54) is 18.2 Å². The van der Waals surface area contributed by atoms with Crippen LogP contribution in [0.5, 0.6) is 11.5 Å². The van der Waals surface area contributed by atoms with Crippen molar-refractivity contribution >= 4 is 35.3 Å². The number of rotatable bonds is 5. The fourth-order valence-electron chi connectivity index (χ4n) is 4.43. The third-order valence-electron chi connectivity index (χ3n) is 6.66. The summed E-state index contributed by atoms with van der Waals surface area (Å²) in [6, 6.07) is 11.2. The Kier molecular flexibility index (Phi) is 6.98. The molecule has 0 unspecified atom stereocenters. The SMILES string of the molecule is COc1ccc(/C=C2/Sc3ccc(C(=O)N[C@@H]4CCC[C@H](C)[C@H]4C)cc3NC2=O)cc1OC. The molecule has 2 N–H and O–H groups in total. The van der Waals surface area contributed by atoms with Crippen LogP contribution >= 0.6 is 11.8 Å². The molecule has 1 aliphatic heterocycles. The fraction of sp³-hybridized carbons (Fsp3) is 0.385. The zero-order valence-electron chi connectivity index (χ0n) is 19.4. The van der Waals surface area contributed by atoms with Crippen LogP contribution in [0.3, 0.4) is 0 Å². The van der Waals surface area contributed by atoms with Crippen molar-refractivity contribution in [3.8, 4) is 11.5 Å². The Morgan fingerprint density at radius 3 is 2.64 bits per heavy atom. The van der Waals surface area contributed by atoms with E-state index in [1.54, 1.807) is 20.3 Å². The van der Waals surface area contributed by atoms with Crippen LogP contribution in [0, 0.1) is 11.8 Å². The number of anilines is 1. The second-order valence-corrected chi connectivity index (χ2v) is 9.82. The maximum atomic E-state index is 12.9. The molecule has 4 rings (SSSR count). The number of benzene rings is 2. The molecule has 6 nitrogen and oxygen atoms in total. The topological polar surface area (TPSA) is 76.7 Å². The van der Waals surface area contributed by atoms with Crippen LogP contribution in [0.15, 0.2) is 46.2 Å². The summed E-state index contributed by atoms with van der Waals surface area (Å²) in [4.78, 5) is 27.1. The summed E-state index contributed by atoms with van der Waals surface area (Å²) in [6.07, 6.45) is 5.19. The molecule has 2 amide bonds. The van der Waals surface area contributed by atoms with Gasteiger partial charge in [0.15, 0.2) is 11.5 Å². The molecule has 0 aromatic heterocycles. The van der Waals surface area contributed by atoms with Gasteiger partial charge in [0.2, 0.25) is 0 Å². The number of carbonyl (C=O) groups is 2. The van der Waals surface area contributed by atoms with Crippen molar-refractivity contribution < 1.29 is 19.1 Å². The van der Waals surface area contributed by atoms with Crippen LogP contribution < -0.4 is 20.1 Å². The molecule has 2 aromatic carbocycles. The van der Waals surface area contributed by atoms with Crippen molar-refractivity contribution in [1.29, 1.82) is 0 Å². The second kappa shape index (κ2) is 9.91. The third-order valence-corrected chi connectivity index (χ3v) is 7.76. The van der Waals surface area contributed by atoms with Crippen molar-refractivity contribution in [2.75, 3.05) is 19.5 Å². The quantitative estimate of drug-likeness (QED) is 0.582. The molecule has 2 aromatic rings. The monoisotopic (exact) mass is 466 g/mol. The molecule has 3 atom stereocenters. The lowest BCUT2D eigenvalue weighted by atomic mass is 9.78. The molecule has 0 spiro atoms. The van der Waals surface area contributed by atoms with E-state index in [4.69, 9.17) is 9.47 Å². The second-order valence-electron chi connectivity index (χ2n) is 8.74. The van der Waals surface area contributed by atoms with Gasteiger partial charge in [-0.1, -0.05) is 44.5 Å². The van der Waals surface area contributed by atoms with E-state index in [1.807, 2.05) is 36.4 Å². The van der Waals surface area contributed by atoms with E-state index in [9.17, 15) is 9.59 Å². The number of amides is 2. The molecule has 1 aliphatic carbocycles. The van der Waals surface area contributed by atoms with Crippen LogP contribution in [-0.4, -0.2) is 32.1 Å². The van der Waals surface area contributed by atoms with Gasteiger partial charge in [0, 0.05) is 16.5 Å². The molecule has 1 heterocycles. The van der Waals surface area contributed by atoms with Crippen LogP contribution in [0.1, 0.15) is 49.0 Å². The number of thioether (sulfide) groups is 1. The number of methoxy groups -OCH3 is 2. The molecule has 2 aliphatic rings. The molecule has 7 heteroatoms. The molecule has 0 bridgehead atoms. The minimum absolute atomic E-state index is 0.0883. The molecule has 1 fully saturated rings. The molecule has 0 radical (unpaired) electrons. The number of hydrogen-bond donors (Lipinski definition) is 2. The average molecular weight is 467 g/mol. The smallest absolute Gasteiger partial charge is 0.262 e. The maximum Gasteiger partial charge on any atom is 0.262 e. The summed E-state index contributed by atoms with van der Waals surface area (Å²) in [5.41, 5.74) is 2.06. The van der Waals surface area contributed by atoms with Gasteiger partial charge in [-0.15, -0.1) is 0 Å². The fourth-order valence-corrected chi connectivity index (χ4v) is 5.36. The standard InChI is InChI=1S/C26H30N2O4S/c1-15-6-5-7-19(16(15)2)27-25(29)18-9-11-23-20(14-18)28-26(30)24(33-23)13-17-8-10-21(31-3)22(12-17)32-4/h8-16,19H,5-7H2,1-4H3,(H,27,29)(H,28,30)/b24-13+/t15-,16+,19+/m0/s1. The van der Waals surface area contributed by atoms with Gasteiger partial charge in [-0.3, -0.25) is 9.59 Å². The van der Waals surface area contributed by atoms with Crippen LogP contribution in [0.4, 0.5) is 5.69 Å². The Bertz CT molecular complexity index is 1100. The summed E-state index contributed by atoms with van der Waals surface area (Å²) < 4.78 is 10.6. The normalized spacial score (nSPS) is 23.5. The van der Waals surface area contributed by atoms with Crippen LogP contribution in [0.25, 0.3) is 6.08 Å². The summed E-state index contributed by atoms with van der Waals surface area (Å²) in [5, 5.41) is 6.14. The molecular formula is C26H30N2O4S. The van der Waals surface area contributed by atoms with Gasteiger partial charge in [-0.25, -0.2) is 0 Å². The number of hydrogen-bond acceptors (Lipinski definition) is 5. The van der Waals surface area contributed by atoms with Gasteiger partial charge in [0.25, 0.3) is 11.8 Å². The number of fused-ring (bicyclic) bond motifs is 1. The van der Waals surface area contributed by atoms with E-state index in [0.29, 0.717) is 39.5 Å². The molecule has 33 heavy (non-hydrogen) atoms. The summed E-state index contributed by atoms with van der Waals surface area (Å²) in [7, 11) is 3.17. The highest BCUT2D eigenvalue weighted by molar-refractivity contribution is 8.04. The molecule has 1 saturated carbocycles.